The lowest BCUT2D eigenvalue weighted by Crippen LogP contribution is -2.29. The van der Waals surface area contributed by atoms with Crippen molar-refractivity contribution >= 4 is 22.9 Å². The maximum Gasteiger partial charge on any atom is 0.271 e. The summed E-state index contributed by atoms with van der Waals surface area (Å²) in [5.74, 6) is -0.0599. The van der Waals surface area contributed by atoms with Crippen LogP contribution in [0.1, 0.15) is 46.5 Å². The van der Waals surface area contributed by atoms with Crippen LogP contribution in [0.3, 0.4) is 0 Å². The number of non-ortho nitro benzene ring substituents is 1. The highest BCUT2D eigenvalue weighted by atomic mass is 16.6. The highest BCUT2D eigenvalue weighted by Gasteiger charge is 2.34. The number of nitrogens with zero attached hydrogens (tertiary/aromatic N) is 2. The number of hydrogen-bond acceptors (Lipinski definition) is 5. The van der Waals surface area contributed by atoms with Gasteiger partial charge < -0.3 is 5.11 Å². The number of ketones is 1. The van der Waals surface area contributed by atoms with Crippen molar-refractivity contribution in [3.05, 3.63) is 45.7 Å². The van der Waals surface area contributed by atoms with Gasteiger partial charge in [0.1, 0.15) is 5.76 Å². The smallest absolute Gasteiger partial charge is 0.271 e. The van der Waals surface area contributed by atoms with E-state index in [0.717, 1.165) is 6.42 Å². The topological polar surface area (TPSA) is 92.8 Å². The van der Waals surface area contributed by atoms with E-state index in [9.17, 15) is 20.0 Å². The third kappa shape index (κ3) is 4.07. The van der Waals surface area contributed by atoms with Gasteiger partial charge in [0.05, 0.1) is 21.9 Å². The van der Waals surface area contributed by atoms with Gasteiger partial charge in [-0.15, -0.1) is 0 Å². The molecule has 2 rings (SSSR count). The van der Waals surface area contributed by atoms with Gasteiger partial charge in [-0.25, -0.2) is 0 Å². The van der Waals surface area contributed by atoms with E-state index in [1.165, 1.54) is 12.1 Å². The van der Waals surface area contributed by atoms with E-state index in [0.29, 0.717) is 30.7 Å². The maximum absolute atomic E-state index is 12.5. The minimum atomic E-state index is -0.483. The van der Waals surface area contributed by atoms with Gasteiger partial charge in [0, 0.05) is 25.0 Å². The van der Waals surface area contributed by atoms with Gasteiger partial charge in [0.25, 0.3) is 5.69 Å². The number of allylic oxidation sites excluding steroid dienone is 2. The van der Waals surface area contributed by atoms with E-state index in [1.54, 1.807) is 12.1 Å². The number of carbonyl (C=O) groups excluding carboxylic acids is 1. The molecule has 0 saturated heterocycles. The van der Waals surface area contributed by atoms with Crippen molar-refractivity contribution in [1.29, 1.82) is 0 Å². The van der Waals surface area contributed by atoms with Crippen LogP contribution in [0.5, 0.6) is 0 Å². The molecule has 6 nitrogen and oxygen atoms in total. The van der Waals surface area contributed by atoms with Crippen LogP contribution in [0, 0.1) is 15.5 Å². The average molecular weight is 330 g/mol. The first-order chi connectivity index (χ1) is 11.2. The fraction of sp³-hybridized carbons (Fsp3) is 0.444. The summed E-state index contributed by atoms with van der Waals surface area (Å²) in [6.45, 7) is 5.84. The van der Waals surface area contributed by atoms with Gasteiger partial charge in [-0.2, -0.15) is 0 Å². The molecule has 0 saturated carbocycles. The minimum absolute atomic E-state index is 0.0543. The van der Waals surface area contributed by atoms with Crippen LogP contribution < -0.4 is 0 Å². The molecule has 0 aromatic heterocycles. The van der Waals surface area contributed by atoms with Crippen LogP contribution in [0.15, 0.2) is 40.6 Å². The third-order valence-corrected chi connectivity index (χ3v) is 3.93. The Morgan fingerprint density at radius 1 is 1.38 bits per heavy atom. The van der Waals surface area contributed by atoms with Gasteiger partial charge >= 0.3 is 0 Å². The van der Waals surface area contributed by atoms with Crippen molar-refractivity contribution < 1.29 is 14.8 Å². The molecule has 0 fully saturated rings. The van der Waals surface area contributed by atoms with Crippen molar-refractivity contribution in [1.82, 2.24) is 0 Å². The molecule has 0 heterocycles. The molecule has 1 aromatic rings. The summed E-state index contributed by atoms with van der Waals surface area (Å²) < 4.78 is 0. The predicted molar refractivity (Wildman–Crippen MR) is 92.8 cm³/mol. The molecule has 24 heavy (non-hydrogen) atoms. The molecule has 0 amide bonds. The van der Waals surface area contributed by atoms with Gasteiger partial charge in [0.15, 0.2) is 5.78 Å². The molecule has 0 atom stereocenters. The first-order valence-corrected chi connectivity index (χ1v) is 8.01. The lowest BCUT2D eigenvalue weighted by molar-refractivity contribution is -0.384. The average Bonchev–Trinajstić information content (AvgIpc) is 2.45. The number of nitro benzene ring substituents is 1. The van der Waals surface area contributed by atoms with Crippen molar-refractivity contribution in [3.8, 4) is 0 Å². The monoisotopic (exact) mass is 330 g/mol. The molecule has 1 aliphatic carbocycles. The molecule has 0 radical (unpaired) electrons. The van der Waals surface area contributed by atoms with E-state index in [-0.39, 0.29) is 28.2 Å². The number of hydrogen-bond donors (Lipinski definition) is 1. The van der Waals surface area contributed by atoms with Crippen molar-refractivity contribution in [2.75, 3.05) is 0 Å². The number of carbonyl (C=O) groups is 1. The zero-order valence-corrected chi connectivity index (χ0v) is 14.2. The Hall–Kier alpha value is -2.50. The Kier molecular flexibility index (Phi) is 5.17. The van der Waals surface area contributed by atoms with Gasteiger partial charge in [-0.3, -0.25) is 19.9 Å². The Morgan fingerprint density at radius 2 is 2.08 bits per heavy atom. The van der Waals surface area contributed by atoms with Crippen molar-refractivity contribution in [2.45, 2.75) is 46.5 Å². The first-order valence-electron chi connectivity index (χ1n) is 8.01. The Labute approximate surface area is 141 Å². The standard InChI is InChI=1S/C18H22N2O4/c1-4-6-14(17-15(21)10-18(2,3)11-16(17)22)19-12-7-5-8-13(9-12)20(23)24/h5,7-9,21H,4,6,10-11H2,1-3H3. The molecule has 0 unspecified atom stereocenters. The van der Waals surface area contributed by atoms with Crippen LogP contribution in [0.4, 0.5) is 11.4 Å². The van der Waals surface area contributed by atoms with Crippen LogP contribution in [0.2, 0.25) is 0 Å². The summed E-state index contributed by atoms with van der Waals surface area (Å²) in [4.78, 5) is 27.3. The third-order valence-electron chi connectivity index (χ3n) is 3.93. The van der Waals surface area contributed by atoms with E-state index in [4.69, 9.17) is 0 Å². The molecule has 1 N–H and O–H groups in total. The fourth-order valence-corrected chi connectivity index (χ4v) is 2.92. The number of aliphatic hydroxyl groups excluding tert-OH is 1. The van der Waals surface area contributed by atoms with Gasteiger partial charge in [0.2, 0.25) is 0 Å². The van der Waals surface area contributed by atoms with Crippen LogP contribution >= 0.6 is 0 Å². The predicted octanol–water partition coefficient (Wildman–Crippen LogP) is 4.67. The minimum Gasteiger partial charge on any atom is -0.511 e. The molecule has 6 heteroatoms. The lowest BCUT2D eigenvalue weighted by Gasteiger charge is -2.30. The Morgan fingerprint density at radius 3 is 2.67 bits per heavy atom. The molecule has 0 aliphatic heterocycles. The summed E-state index contributed by atoms with van der Waals surface area (Å²) in [6.07, 6.45) is 2.05. The number of rotatable bonds is 5. The second-order valence-corrected chi connectivity index (χ2v) is 6.85. The summed E-state index contributed by atoms with van der Waals surface area (Å²) in [5.41, 5.74) is 0.860. The molecule has 0 bridgehead atoms. The van der Waals surface area contributed by atoms with Crippen LogP contribution in [-0.4, -0.2) is 21.5 Å². The summed E-state index contributed by atoms with van der Waals surface area (Å²) in [7, 11) is 0. The van der Waals surface area contributed by atoms with E-state index in [2.05, 4.69) is 4.99 Å². The fourth-order valence-electron chi connectivity index (χ4n) is 2.92. The quantitative estimate of drug-likeness (QED) is 0.482. The molecular formula is C18H22N2O4. The van der Waals surface area contributed by atoms with Crippen molar-refractivity contribution in [3.63, 3.8) is 0 Å². The van der Waals surface area contributed by atoms with Crippen molar-refractivity contribution in [2.24, 2.45) is 10.4 Å². The summed E-state index contributed by atoms with van der Waals surface area (Å²) in [5, 5.41) is 21.3. The number of benzene rings is 1. The van der Waals surface area contributed by atoms with E-state index >= 15 is 0 Å². The van der Waals surface area contributed by atoms with Crippen LogP contribution in [0.25, 0.3) is 0 Å². The number of Topliss-reactive ketones (excluding diaryl/α,β-unsaturated/α-hetero) is 1. The van der Waals surface area contributed by atoms with Gasteiger partial charge in [-0.1, -0.05) is 33.3 Å². The van der Waals surface area contributed by atoms with Crippen LogP contribution in [-0.2, 0) is 4.79 Å². The summed E-state index contributed by atoms with van der Waals surface area (Å²) in [6, 6.07) is 5.96. The number of nitro groups is 1. The van der Waals surface area contributed by atoms with E-state index in [1.807, 2.05) is 20.8 Å². The molecule has 128 valence electrons. The Bertz CT molecular complexity index is 732. The second-order valence-electron chi connectivity index (χ2n) is 6.85. The second kappa shape index (κ2) is 6.95. The SMILES string of the molecule is CCCC(=Nc1cccc([N+](=O)[O-])c1)C1=C(O)CC(C)(C)CC1=O. The Balaban J connectivity index is 2.48. The molecule has 0 spiro atoms. The molecule has 1 aliphatic rings. The van der Waals surface area contributed by atoms with E-state index < -0.39 is 4.92 Å². The first kappa shape index (κ1) is 17.8. The summed E-state index contributed by atoms with van der Waals surface area (Å²) >= 11 is 0. The largest absolute Gasteiger partial charge is 0.511 e. The normalized spacial score (nSPS) is 18.0. The zero-order valence-electron chi connectivity index (χ0n) is 14.2. The molecule has 1 aromatic carbocycles. The van der Waals surface area contributed by atoms with Gasteiger partial charge in [-0.05, 0) is 17.9 Å². The maximum atomic E-state index is 12.5. The number of aliphatic hydroxyl groups is 1. The number of aliphatic imine (C=N–C) groups is 1. The zero-order chi connectivity index (χ0) is 17.9. The highest BCUT2D eigenvalue weighted by Crippen LogP contribution is 2.37. The molecular weight excluding hydrogens is 308 g/mol. The highest BCUT2D eigenvalue weighted by molar-refractivity contribution is 6.23. The lowest BCUT2D eigenvalue weighted by atomic mass is 9.75.